The molecule has 3 aromatic rings. The van der Waals surface area contributed by atoms with Crippen molar-refractivity contribution in [2.24, 2.45) is 5.92 Å². The second kappa shape index (κ2) is 10.8. The molecule has 1 atom stereocenters. The summed E-state index contributed by atoms with van der Waals surface area (Å²) in [6.07, 6.45) is 3.79. The quantitative estimate of drug-likeness (QED) is 0.484. The maximum absolute atomic E-state index is 9.39. The van der Waals surface area contributed by atoms with E-state index >= 15 is 0 Å². The molecular weight excluding hydrogens is 414 g/mol. The second-order valence-electron chi connectivity index (χ2n) is 8.21. The van der Waals surface area contributed by atoms with Gasteiger partial charge in [0, 0.05) is 24.8 Å². The zero-order valence-corrected chi connectivity index (χ0v) is 19.2. The number of piperidine rings is 1. The largest absolute Gasteiger partial charge is 0.493 e. The highest BCUT2D eigenvalue weighted by molar-refractivity contribution is 5.69. The van der Waals surface area contributed by atoms with E-state index in [9.17, 15) is 5.26 Å². The Morgan fingerprint density at radius 1 is 1.00 bits per heavy atom. The Balaban J connectivity index is 1.62. The van der Waals surface area contributed by atoms with E-state index in [0.717, 1.165) is 60.6 Å². The Morgan fingerprint density at radius 2 is 1.79 bits per heavy atom. The Labute approximate surface area is 195 Å². The number of likely N-dealkylation sites (tertiary alicyclic amines) is 1. The van der Waals surface area contributed by atoms with Crippen LogP contribution < -0.4 is 14.2 Å². The standard InChI is InChI=1S/C27H29N3O3/c1-31-26-11-9-22(15-27(26)32-2)21-8-10-25(33-19-24-7-3-4-12-29-24)23(14-21)18-30-13-5-6-20(16-28)17-30/h3-4,7-12,14-15,20H,5-6,13,17-19H2,1-2H3. The molecule has 33 heavy (non-hydrogen) atoms. The van der Waals surface area contributed by atoms with Crippen LogP contribution in [0.3, 0.4) is 0 Å². The lowest BCUT2D eigenvalue weighted by atomic mass is 9.98. The summed E-state index contributed by atoms with van der Waals surface area (Å²) in [5.41, 5.74) is 4.09. The summed E-state index contributed by atoms with van der Waals surface area (Å²) in [6, 6.07) is 20.4. The molecule has 170 valence electrons. The van der Waals surface area contributed by atoms with Crippen LogP contribution in [0.1, 0.15) is 24.1 Å². The summed E-state index contributed by atoms with van der Waals surface area (Å²) in [4.78, 5) is 6.71. The lowest BCUT2D eigenvalue weighted by Gasteiger charge is -2.30. The minimum atomic E-state index is 0.0886. The summed E-state index contributed by atoms with van der Waals surface area (Å²) in [5.74, 6) is 2.32. The van der Waals surface area contributed by atoms with Crippen LogP contribution in [0, 0.1) is 17.2 Å². The molecule has 2 heterocycles. The van der Waals surface area contributed by atoms with Gasteiger partial charge in [-0.1, -0.05) is 18.2 Å². The zero-order chi connectivity index (χ0) is 23.0. The minimum absolute atomic E-state index is 0.0886. The van der Waals surface area contributed by atoms with E-state index in [1.165, 1.54) is 0 Å². The van der Waals surface area contributed by atoms with E-state index < -0.39 is 0 Å². The van der Waals surface area contributed by atoms with Gasteiger partial charge in [0.2, 0.25) is 0 Å². The fourth-order valence-corrected chi connectivity index (χ4v) is 4.22. The molecule has 6 nitrogen and oxygen atoms in total. The van der Waals surface area contributed by atoms with Gasteiger partial charge in [-0.25, -0.2) is 0 Å². The van der Waals surface area contributed by atoms with E-state index in [2.05, 4.69) is 28.1 Å². The van der Waals surface area contributed by atoms with Crippen LogP contribution in [0.2, 0.25) is 0 Å². The predicted octanol–water partition coefficient (Wildman–Crippen LogP) is 5.08. The summed E-state index contributed by atoms with van der Waals surface area (Å²) in [6.45, 7) is 2.91. The highest BCUT2D eigenvalue weighted by atomic mass is 16.5. The first-order valence-corrected chi connectivity index (χ1v) is 11.2. The monoisotopic (exact) mass is 443 g/mol. The molecule has 1 unspecified atom stereocenters. The normalized spacial score (nSPS) is 16.1. The van der Waals surface area contributed by atoms with Gasteiger partial charge in [-0.2, -0.15) is 5.26 Å². The average molecular weight is 444 g/mol. The molecular formula is C27H29N3O3. The van der Waals surface area contributed by atoms with Gasteiger partial charge >= 0.3 is 0 Å². The molecule has 0 radical (unpaired) electrons. The lowest BCUT2D eigenvalue weighted by molar-refractivity contribution is 0.188. The van der Waals surface area contributed by atoms with Crippen molar-refractivity contribution in [2.45, 2.75) is 26.0 Å². The molecule has 0 spiro atoms. The fraction of sp³-hybridized carbons (Fsp3) is 0.333. The molecule has 1 aliphatic rings. The number of nitrogens with zero attached hydrogens (tertiary/aromatic N) is 3. The number of ether oxygens (including phenoxy) is 3. The molecule has 1 fully saturated rings. The van der Waals surface area contributed by atoms with E-state index in [4.69, 9.17) is 14.2 Å². The summed E-state index contributed by atoms with van der Waals surface area (Å²) < 4.78 is 17.1. The molecule has 0 bridgehead atoms. The number of hydrogen-bond acceptors (Lipinski definition) is 6. The van der Waals surface area contributed by atoms with Gasteiger partial charge in [0.1, 0.15) is 12.4 Å². The van der Waals surface area contributed by atoms with Crippen molar-refractivity contribution < 1.29 is 14.2 Å². The van der Waals surface area contributed by atoms with Gasteiger partial charge in [-0.15, -0.1) is 0 Å². The van der Waals surface area contributed by atoms with Crippen LogP contribution in [0.4, 0.5) is 0 Å². The molecule has 6 heteroatoms. The topological polar surface area (TPSA) is 67.6 Å². The van der Waals surface area contributed by atoms with Crippen molar-refractivity contribution in [3.63, 3.8) is 0 Å². The Hall–Kier alpha value is -3.56. The van der Waals surface area contributed by atoms with Gasteiger partial charge in [-0.05, 0) is 66.9 Å². The van der Waals surface area contributed by atoms with Crippen LogP contribution in [0.15, 0.2) is 60.8 Å². The van der Waals surface area contributed by atoms with Crippen molar-refractivity contribution in [3.8, 4) is 34.4 Å². The molecule has 2 aromatic carbocycles. The SMILES string of the molecule is COc1ccc(-c2ccc(OCc3ccccn3)c(CN3CCCC(C#N)C3)c2)cc1OC. The van der Waals surface area contributed by atoms with Crippen LogP contribution in [-0.2, 0) is 13.2 Å². The molecule has 1 saturated heterocycles. The average Bonchev–Trinajstić information content (AvgIpc) is 2.88. The van der Waals surface area contributed by atoms with Crippen molar-refractivity contribution in [1.82, 2.24) is 9.88 Å². The smallest absolute Gasteiger partial charge is 0.161 e. The molecule has 0 amide bonds. The van der Waals surface area contributed by atoms with Gasteiger partial charge < -0.3 is 14.2 Å². The van der Waals surface area contributed by atoms with E-state index in [-0.39, 0.29) is 5.92 Å². The molecule has 0 N–H and O–H groups in total. The van der Waals surface area contributed by atoms with Gasteiger partial charge in [-0.3, -0.25) is 9.88 Å². The molecule has 1 aliphatic heterocycles. The third-order valence-corrected chi connectivity index (χ3v) is 5.96. The van der Waals surface area contributed by atoms with Crippen molar-refractivity contribution in [2.75, 3.05) is 27.3 Å². The lowest BCUT2D eigenvalue weighted by Crippen LogP contribution is -2.34. The second-order valence-corrected chi connectivity index (χ2v) is 8.21. The van der Waals surface area contributed by atoms with E-state index in [1.54, 1.807) is 20.4 Å². The minimum Gasteiger partial charge on any atom is -0.493 e. The predicted molar refractivity (Wildman–Crippen MR) is 127 cm³/mol. The Kier molecular flexibility index (Phi) is 7.43. The number of benzene rings is 2. The maximum atomic E-state index is 9.39. The third kappa shape index (κ3) is 5.63. The van der Waals surface area contributed by atoms with Crippen molar-refractivity contribution in [3.05, 3.63) is 72.1 Å². The summed E-state index contributed by atoms with van der Waals surface area (Å²) in [7, 11) is 3.28. The van der Waals surface area contributed by atoms with Crippen LogP contribution in [-0.4, -0.2) is 37.2 Å². The number of methoxy groups -OCH3 is 2. The first-order chi connectivity index (χ1) is 16.2. The zero-order valence-electron chi connectivity index (χ0n) is 19.2. The van der Waals surface area contributed by atoms with Crippen molar-refractivity contribution in [1.29, 1.82) is 5.26 Å². The van der Waals surface area contributed by atoms with Gasteiger partial charge in [0.05, 0.1) is 31.9 Å². The van der Waals surface area contributed by atoms with Gasteiger partial charge in [0.15, 0.2) is 11.5 Å². The highest BCUT2D eigenvalue weighted by Gasteiger charge is 2.21. The van der Waals surface area contributed by atoms with Crippen LogP contribution >= 0.6 is 0 Å². The summed E-state index contributed by atoms with van der Waals surface area (Å²) >= 11 is 0. The molecule has 4 rings (SSSR count). The first kappa shape index (κ1) is 22.6. The number of nitriles is 1. The molecule has 0 aliphatic carbocycles. The van der Waals surface area contributed by atoms with Crippen LogP contribution in [0.5, 0.6) is 17.2 Å². The maximum Gasteiger partial charge on any atom is 0.161 e. The number of rotatable bonds is 8. The number of pyridine rings is 1. The Bertz CT molecular complexity index is 1110. The van der Waals surface area contributed by atoms with Gasteiger partial charge in [0.25, 0.3) is 0 Å². The Morgan fingerprint density at radius 3 is 2.52 bits per heavy atom. The number of hydrogen-bond donors (Lipinski definition) is 0. The van der Waals surface area contributed by atoms with Crippen LogP contribution in [0.25, 0.3) is 11.1 Å². The highest BCUT2D eigenvalue weighted by Crippen LogP contribution is 2.35. The third-order valence-electron chi connectivity index (χ3n) is 5.96. The van der Waals surface area contributed by atoms with Crippen molar-refractivity contribution >= 4 is 0 Å². The fourth-order valence-electron chi connectivity index (χ4n) is 4.22. The van der Waals surface area contributed by atoms with E-state index in [1.807, 2.05) is 42.5 Å². The van der Waals surface area contributed by atoms with E-state index in [0.29, 0.717) is 18.1 Å². The number of aromatic nitrogens is 1. The molecule has 1 aromatic heterocycles. The first-order valence-electron chi connectivity index (χ1n) is 11.2. The molecule has 0 saturated carbocycles. The summed E-state index contributed by atoms with van der Waals surface area (Å²) in [5, 5.41) is 9.39.